The SMILES string of the molecule is CN(C)CC1=C(c2ccccc2)/C(=C/c2ccccc2)CCC1. The fraction of sp³-hybridized carbons (Fsp3) is 0.273. The van der Waals surface area contributed by atoms with Gasteiger partial charge in [0.2, 0.25) is 0 Å². The monoisotopic (exact) mass is 303 g/mol. The Morgan fingerprint density at radius 1 is 0.870 bits per heavy atom. The van der Waals surface area contributed by atoms with Crippen molar-refractivity contribution >= 4 is 11.6 Å². The third-order valence-electron chi connectivity index (χ3n) is 4.31. The molecule has 0 bridgehead atoms. The lowest BCUT2D eigenvalue weighted by molar-refractivity contribution is 0.437. The van der Waals surface area contributed by atoms with Crippen LogP contribution in [-0.2, 0) is 0 Å². The lowest BCUT2D eigenvalue weighted by Gasteiger charge is -2.26. The number of nitrogens with zero attached hydrogens (tertiary/aromatic N) is 1. The van der Waals surface area contributed by atoms with Crippen LogP contribution in [0.5, 0.6) is 0 Å². The van der Waals surface area contributed by atoms with E-state index < -0.39 is 0 Å². The highest BCUT2D eigenvalue weighted by Crippen LogP contribution is 2.37. The van der Waals surface area contributed by atoms with Gasteiger partial charge in [-0.15, -0.1) is 0 Å². The Morgan fingerprint density at radius 2 is 1.52 bits per heavy atom. The van der Waals surface area contributed by atoms with Gasteiger partial charge in [0.1, 0.15) is 0 Å². The smallest absolute Gasteiger partial charge is 0.0196 e. The highest BCUT2D eigenvalue weighted by molar-refractivity contribution is 5.87. The predicted octanol–water partition coefficient (Wildman–Crippen LogP) is 5.27. The average Bonchev–Trinajstić information content (AvgIpc) is 2.56. The van der Waals surface area contributed by atoms with Gasteiger partial charge in [-0.05, 0) is 61.2 Å². The zero-order chi connectivity index (χ0) is 16.1. The summed E-state index contributed by atoms with van der Waals surface area (Å²) in [6, 6.07) is 21.6. The fourth-order valence-corrected chi connectivity index (χ4v) is 3.40. The molecule has 2 aromatic rings. The van der Waals surface area contributed by atoms with Crippen LogP contribution >= 0.6 is 0 Å². The molecular weight excluding hydrogens is 278 g/mol. The Labute approximate surface area is 140 Å². The van der Waals surface area contributed by atoms with Crippen LogP contribution in [0.3, 0.4) is 0 Å². The number of rotatable bonds is 4. The minimum atomic E-state index is 1.04. The lowest BCUT2D eigenvalue weighted by atomic mass is 9.82. The summed E-state index contributed by atoms with van der Waals surface area (Å²) < 4.78 is 0. The standard InChI is InChI=1S/C22H25N/c1-23(2)17-21-15-9-14-20(16-18-10-5-3-6-11-18)22(21)19-12-7-4-8-13-19/h3-8,10-13,16H,9,14-15,17H2,1-2H3/b20-16+. The molecule has 3 rings (SSSR count). The van der Waals surface area contributed by atoms with Crippen LogP contribution in [0.25, 0.3) is 11.6 Å². The maximum absolute atomic E-state index is 2.37. The molecule has 0 spiro atoms. The number of hydrogen-bond acceptors (Lipinski definition) is 1. The molecule has 0 atom stereocenters. The van der Waals surface area contributed by atoms with E-state index in [1.165, 1.54) is 35.1 Å². The lowest BCUT2D eigenvalue weighted by Crippen LogP contribution is -2.18. The van der Waals surface area contributed by atoms with Gasteiger partial charge in [0.05, 0.1) is 0 Å². The van der Waals surface area contributed by atoms with E-state index in [1.54, 1.807) is 5.57 Å². The Bertz CT molecular complexity index is 693. The largest absolute Gasteiger partial charge is 0.305 e. The molecule has 1 aliphatic rings. The van der Waals surface area contributed by atoms with Gasteiger partial charge in [0, 0.05) is 6.54 Å². The summed E-state index contributed by atoms with van der Waals surface area (Å²) in [4.78, 5) is 2.28. The number of benzene rings is 2. The van der Waals surface area contributed by atoms with Crippen LogP contribution in [0.1, 0.15) is 30.4 Å². The Hall–Kier alpha value is -2.12. The van der Waals surface area contributed by atoms with Crippen molar-refractivity contribution in [1.82, 2.24) is 4.90 Å². The van der Waals surface area contributed by atoms with E-state index in [4.69, 9.17) is 0 Å². The molecule has 2 aromatic carbocycles. The topological polar surface area (TPSA) is 3.24 Å². The second-order valence-corrected chi connectivity index (χ2v) is 6.52. The number of hydrogen-bond donors (Lipinski definition) is 0. The molecule has 0 aliphatic heterocycles. The summed E-state index contributed by atoms with van der Waals surface area (Å²) >= 11 is 0. The van der Waals surface area contributed by atoms with Gasteiger partial charge in [-0.1, -0.05) is 66.7 Å². The fourth-order valence-electron chi connectivity index (χ4n) is 3.40. The Balaban J connectivity index is 2.08. The Morgan fingerprint density at radius 3 is 2.17 bits per heavy atom. The van der Waals surface area contributed by atoms with E-state index in [1.807, 2.05) is 0 Å². The van der Waals surface area contributed by atoms with Crippen LogP contribution in [0.2, 0.25) is 0 Å². The second-order valence-electron chi connectivity index (χ2n) is 6.52. The van der Waals surface area contributed by atoms with Crippen molar-refractivity contribution in [2.45, 2.75) is 19.3 Å². The normalized spacial score (nSPS) is 17.1. The summed E-state index contributed by atoms with van der Waals surface area (Å²) in [5, 5.41) is 0. The van der Waals surface area contributed by atoms with Crippen molar-refractivity contribution in [2.24, 2.45) is 0 Å². The van der Waals surface area contributed by atoms with E-state index in [0.29, 0.717) is 0 Å². The molecular formula is C22H25N. The molecule has 0 fully saturated rings. The van der Waals surface area contributed by atoms with Gasteiger partial charge < -0.3 is 4.90 Å². The van der Waals surface area contributed by atoms with Crippen molar-refractivity contribution in [3.63, 3.8) is 0 Å². The van der Waals surface area contributed by atoms with Crippen molar-refractivity contribution in [1.29, 1.82) is 0 Å². The molecule has 1 aliphatic carbocycles. The molecule has 118 valence electrons. The van der Waals surface area contributed by atoms with Gasteiger partial charge in [0.25, 0.3) is 0 Å². The van der Waals surface area contributed by atoms with Crippen LogP contribution < -0.4 is 0 Å². The Kier molecular flexibility index (Phi) is 5.09. The molecule has 0 aromatic heterocycles. The van der Waals surface area contributed by atoms with Crippen LogP contribution in [0.15, 0.2) is 71.8 Å². The van der Waals surface area contributed by atoms with Gasteiger partial charge >= 0.3 is 0 Å². The number of likely N-dealkylation sites (N-methyl/N-ethyl adjacent to an activating group) is 1. The van der Waals surface area contributed by atoms with Gasteiger partial charge in [-0.25, -0.2) is 0 Å². The van der Waals surface area contributed by atoms with Crippen molar-refractivity contribution < 1.29 is 0 Å². The highest BCUT2D eigenvalue weighted by atomic mass is 15.0. The summed E-state index contributed by atoms with van der Waals surface area (Å²) in [5.74, 6) is 0. The molecule has 0 saturated heterocycles. The maximum Gasteiger partial charge on any atom is 0.0196 e. The molecule has 1 heteroatoms. The minimum Gasteiger partial charge on any atom is -0.305 e. The maximum atomic E-state index is 2.37. The van der Waals surface area contributed by atoms with Crippen molar-refractivity contribution in [3.05, 3.63) is 82.9 Å². The molecule has 0 saturated carbocycles. The average molecular weight is 303 g/mol. The van der Waals surface area contributed by atoms with Gasteiger partial charge in [-0.2, -0.15) is 0 Å². The summed E-state index contributed by atoms with van der Waals surface area (Å²) in [6.45, 7) is 1.04. The molecule has 23 heavy (non-hydrogen) atoms. The van der Waals surface area contributed by atoms with Crippen LogP contribution in [0, 0.1) is 0 Å². The first-order chi connectivity index (χ1) is 11.2. The molecule has 0 radical (unpaired) electrons. The predicted molar refractivity (Wildman–Crippen MR) is 100 cm³/mol. The van der Waals surface area contributed by atoms with E-state index >= 15 is 0 Å². The van der Waals surface area contributed by atoms with Crippen LogP contribution in [0.4, 0.5) is 0 Å². The van der Waals surface area contributed by atoms with E-state index in [9.17, 15) is 0 Å². The molecule has 0 heterocycles. The molecule has 0 amide bonds. The molecule has 1 nitrogen and oxygen atoms in total. The van der Waals surface area contributed by atoms with Crippen molar-refractivity contribution in [2.75, 3.05) is 20.6 Å². The van der Waals surface area contributed by atoms with Crippen molar-refractivity contribution in [3.8, 4) is 0 Å². The first kappa shape index (κ1) is 15.8. The molecule has 0 N–H and O–H groups in total. The zero-order valence-corrected chi connectivity index (χ0v) is 14.1. The third kappa shape index (κ3) is 4.00. The molecule has 0 unspecified atom stereocenters. The highest BCUT2D eigenvalue weighted by Gasteiger charge is 2.19. The summed E-state index contributed by atoms with van der Waals surface area (Å²) in [5.41, 5.74) is 7.16. The summed E-state index contributed by atoms with van der Waals surface area (Å²) in [6.07, 6.45) is 5.99. The first-order valence-corrected chi connectivity index (χ1v) is 8.42. The third-order valence-corrected chi connectivity index (χ3v) is 4.31. The minimum absolute atomic E-state index is 1.04. The quantitative estimate of drug-likeness (QED) is 0.744. The van der Waals surface area contributed by atoms with E-state index in [-0.39, 0.29) is 0 Å². The number of allylic oxidation sites excluding steroid dienone is 2. The van der Waals surface area contributed by atoms with Gasteiger partial charge in [-0.3, -0.25) is 0 Å². The summed E-state index contributed by atoms with van der Waals surface area (Å²) in [7, 11) is 4.32. The second kappa shape index (κ2) is 7.43. The van der Waals surface area contributed by atoms with Crippen LogP contribution in [-0.4, -0.2) is 25.5 Å². The zero-order valence-electron chi connectivity index (χ0n) is 14.1. The first-order valence-electron chi connectivity index (χ1n) is 8.42. The van der Waals surface area contributed by atoms with E-state index in [2.05, 4.69) is 85.7 Å². The van der Waals surface area contributed by atoms with E-state index in [0.717, 1.165) is 13.0 Å². The van der Waals surface area contributed by atoms with Gasteiger partial charge in [0.15, 0.2) is 0 Å².